The second-order valence-electron chi connectivity index (χ2n) is 5.00. The number of halogens is 1. The van der Waals surface area contributed by atoms with E-state index in [9.17, 15) is 14.7 Å². The molecule has 1 saturated heterocycles. The standard InChI is InChI=1S/C15H18INO4/c1-2-21-15(20)10-4-3-7-17(9-10)14(19)12-8-11(16)5-6-13(12)18/h5-6,8,10,18H,2-4,7,9H2,1H3/t10-/m1/s1. The molecule has 1 amide bonds. The number of rotatable bonds is 3. The summed E-state index contributed by atoms with van der Waals surface area (Å²) in [6.45, 7) is 3.07. The Bertz CT molecular complexity index is 546. The number of piperidine rings is 1. The van der Waals surface area contributed by atoms with Crippen molar-refractivity contribution in [2.75, 3.05) is 19.7 Å². The molecule has 0 spiro atoms. The number of hydrogen-bond acceptors (Lipinski definition) is 4. The first kappa shape index (κ1) is 16.1. The van der Waals surface area contributed by atoms with E-state index in [1.165, 1.54) is 6.07 Å². The zero-order valence-electron chi connectivity index (χ0n) is 11.8. The molecular weight excluding hydrogens is 385 g/mol. The van der Waals surface area contributed by atoms with Gasteiger partial charge < -0.3 is 14.7 Å². The highest BCUT2D eigenvalue weighted by atomic mass is 127. The van der Waals surface area contributed by atoms with Crippen molar-refractivity contribution >= 4 is 34.5 Å². The monoisotopic (exact) mass is 403 g/mol. The Morgan fingerprint density at radius 1 is 1.48 bits per heavy atom. The van der Waals surface area contributed by atoms with Gasteiger partial charge in [0.25, 0.3) is 5.91 Å². The van der Waals surface area contributed by atoms with Crippen LogP contribution in [0.4, 0.5) is 0 Å². The molecule has 0 radical (unpaired) electrons. The minimum absolute atomic E-state index is 0.0290. The van der Waals surface area contributed by atoms with Crippen molar-refractivity contribution in [2.24, 2.45) is 5.92 Å². The van der Waals surface area contributed by atoms with Crippen LogP contribution in [-0.4, -0.2) is 41.6 Å². The summed E-state index contributed by atoms with van der Waals surface area (Å²) in [4.78, 5) is 25.9. The Morgan fingerprint density at radius 3 is 2.95 bits per heavy atom. The van der Waals surface area contributed by atoms with Crippen LogP contribution in [-0.2, 0) is 9.53 Å². The van der Waals surface area contributed by atoms with E-state index in [2.05, 4.69) is 22.6 Å². The van der Waals surface area contributed by atoms with E-state index >= 15 is 0 Å². The normalized spacial score (nSPS) is 18.4. The zero-order valence-corrected chi connectivity index (χ0v) is 14.0. The van der Waals surface area contributed by atoms with Gasteiger partial charge in [0.15, 0.2) is 0 Å². The van der Waals surface area contributed by atoms with Crippen LogP contribution in [0.5, 0.6) is 5.75 Å². The third kappa shape index (κ3) is 3.87. The second kappa shape index (κ2) is 7.11. The molecule has 0 bridgehead atoms. The number of nitrogens with zero attached hydrogens (tertiary/aromatic N) is 1. The van der Waals surface area contributed by atoms with E-state index in [0.29, 0.717) is 19.7 Å². The van der Waals surface area contributed by atoms with Crippen LogP contribution < -0.4 is 0 Å². The molecule has 1 fully saturated rings. The molecule has 21 heavy (non-hydrogen) atoms. The fourth-order valence-corrected chi connectivity index (χ4v) is 2.96. The van der Waals surface area contributed by atoms with Gasteiger partial charge in [0.1, 0.15) is 5.75 Å². The fraction of sp³-hybridized carbons (Fsp3) is 0.467. The molecule has 5 nitrogen and oxygen atoms in total. The van der Waals surface area contributed by atoms with Gasteiger partial charge in [-0.25, -0.2) is 0 Å². The van der Waals surface area contributed by atoms with E-state index < -0.39 is 0 Å². The number of phenolic OH excluding ortho intramolecular Hbond substituents is 1. The van der Waals surface area contributed by atoms with Crippen LogP contribution in [0.2, 0.25) is 0 Å². The fourth-order valence-electron chi connectivity index (χ4n) is 2.46. The zero-order chi connectivity index (χ0) is 15.4. The summed E-state index contributed by atoms with van der Waals surface area (Å²) < 4.78 is 5.91. The highest BCUT2D eigenvalue weighted by Crippen LogP contribution is 2.25. The van der Waals surface area contributed by atoms with Crippen molar-refractivity contribution in [1.82, 2.24) is 4.90 Å². The van der Waals surface area contributed by atoms with Gasteiger partial charge in [-0.3, -0.25) is 9.59 Å². The topological polar surface area (TPSA) is 66.8 Å². The average Bonchev–Trinajstić information content (AvgIpc) is 2.49. The van der Waals surface area contributed by atoms with Gasteiger partial charge in [0, 0.05) is 16.7 Å². The lowest BCUT2D eigenvalue weighted by Crippen LogP contribution is -2.42. The van der Waals surface area contributed by atoms with Crippen molar-refractivity contribution < 1.29 is 19.4 Å². The maximum atomic E-state index is 12.5. The number of hydrogen-bond donors (Lipinski definition) is 1. The van der Waals surface area contributed by atoms with Crippen molar-refractivity contribution in [3.05, 3.63) is 27.3 Å². The van der Waals surface area contributed by atoms with Gasteiger partial charge >= 0.3 is 5.97 Å². The number of benzene rings is 1. The number of carbonyl (C=O) groups excluding carboxylic acids is 2. The molecule has 0 aliphatic carbocycles. The summed E-state index contributed by atoms with van der Waals surface area (Å²) in [5.41, 5.74) is 0.284. The van der Waals surface area contributed by atoms with Crippen LogP contribution in [0.25, 0.3) is 0 Å². The summed E-state index contributed by atoms with van der Waals surface area (Å²) in [6, 6.07) is 4.91. The molecule has 0 saturated carbocycles. The summed E-state index contributed by atoms with van der Waals surface area (Å²) in [6.07, 6.45) is 1.50. The van der Waals surface area contributed by atoms with Gasteiger partial charge in [-0.1, -0.05) is 0 Å². The highest BCUT2D eigenvalue weighted by molar-refractivity contribution is 14.1. The van der Waals surface area contributed by atoms with Gasteiger partial charge in [-0.15, -0.1) is 0 Å². The first-order valence-electron chi connectivity index (χ1n) is 6.97. The molecule has 0 unspecified atom stereocenters. The van der Waals surface area contributed by atoms with Crippen LogP contribution in [0, 0.1) is 9.49 Å². The Morgan fingerprint density at radius 2 is 2.24 bits per heavy atom. The molecule has 114 valence electrons. The predicted octanol–water partition coefficient (Wildman–Crippen LogP) is 2.41. The number of phenols is 1. The highest BCUT2D eigenvalue weighted by Gasteiger charge is 2.30. The molecule has 1 N–H and O–H groups in total. The molecule has 1 aliphatic rings. The van der Waals surface area contributed by atoms with Crippen molar-refractivity contribution in [3.8, 4) is 5.75 Å². The summed E-state index contributed by atoms with van der Waals surface area (Å²) in [7, 11) is 0. The number of ether oxygens (including phenoxy) is 1. The van der Waals surface area contributed by atoms with Crippen LogP contribution in [0.15, 0.2) is 18.2 Å². The van der Waals surface area contributed by atoms with Crippen LogP contribution in [0.1, 0.15) is 30.1 Å². The van der Waals surface area contributed by atoms with Crippen LogP contribution >= 0.6 is 22.6 Å². The first-order valence-corrected chi connectivity index (χ1v) is 8.05. The minimum atomic E-state index is -0.271. The maximum Gasteiger partial charge on any atom is 0.310 e. The predicted molar refractivity (Wildman–Crippen MR) is 86.1 cm³/mol. The molecule has 1 atom stereocenters. The molecule has 2 rings (SSSR count). The Labute approximate surface area is 137 Å². The number of likely N-dealkylation sites (tertiary alicyclic amines) is 1. The molecule has 1 aromatic carbocycles. The second-order valence-corrected chi connectivity index (χ2v) is 6.25. The molecular formula is C15H18INO4. The minimum Gasteiger partial charge on any atom is -0.507 e. The van der Waals surface area contributed by atoms with E-state index in [1.807, 2.05) is 0 Å². The lowest BCUT2D eigenvalue weighted by molar-refractivity contribution is -0.149. The molecule has 1 aliphatic heterocycles. The van der Waals surface area contributed by atoms with Crippen molar-refractivity contribution in [3.63, 3.8) is 0 Å². The summed E-state index contributed by atoms with van der Waals surface area (Å²) in [5.74, 6) is -0.784. The molecule has 1 heterocycles. The lowest BCUT2D eigenvalue weighted by Gasteiger charge is -2.31. The Balaban J connectivity index is 2.12. The Hall–Kier alpha value is -1.31. The number of amides is 1. The summed E-state index contributed by atoms with van der Waals surface area (Å²) >= 11 is 2.10. The van der Waals surface area contributed by atoms with E-state index in [4.69, 9.17) is 4.74 Å². The van der Waals surface area contributed by atoms with Crippen molar-refractivity contribution in [2.45, 2.75) is 19.8 Å². The quantitative estimate of drug-likeness (QED) is 0.622. The molecule has 0 aromatic heterocycles. The third-order valence-corrected chi connectivity index (χ3v) is 4.19. The summed E-state index contributed by atoms with van der Waals surface area (Å²) in [5, 5.41) is 9.85. The number of carbonyl (C=O) groups is 2. The maximum absolute atomic E-state index is 12.5. The largest absolute Gasteiger partial charge is 0.507 e. The number of aromatic hydroxyl groups is 1. The average molecular weight is 403 g/mol. The van der Waals surface area contributed by atoms with E-state index in [0.717, 1.165) is 16.4 Å². The van der Waals surface area contributed by atoms with E-state index in [-0.39, 0.29) is 29.1 Å². The van der Waals surface area contributed by atoms with Gasteiger partial charge in [-0.2, -0.15) is 0 Å². The molecule has 6 heteroatoms. The smallest absolute Gasteiger partial charge is 0.310 e. The third-order valence-electron chi connectivity index (χ3n) is 3.52. The van der Waals surface area contributed by atoms with Gasteiger partial charge in [0.2, 0.25) is 0 Å². The van der Waals surface area contributed by atoms with Gasteiger partial charge in [0.05, 0.1) is 18.1 Å². The lowest BCUT2D eigenvalue weighted by atomic mass is 9.97. The SMILES string of the molecule is CCOC(=O)[C@@H]1CCCN(C(=O)c2cc(I)ccc2O)C1. The van der Waals surface area contributed by atoms with Gasteiger partial charge in [-0.05, 0) is 60.6 Å². The number of esters is 1. The van der Waals surface area contributed by atoms with E-state index in [1.54, 1.807) is 24.0 Å². The molecule has 1 aromatic rings. The van der Waals surface area contributed by atoms with Crippen LogP contribution in [0.3, 0.4) is 0 Å². The Kier molecular flexibility index (Phi) is 5.44. The van der Waals surface area contributed by atoms with Crippen molar-refractivity contribution in [1.29, 1.82) is 0 Å². The first-order chi connectivity index (χ1) is 10.0.